The summed E-state index contributed by atoms with van der Waals surface area (Å²) in [6.07, 6.45) is 5.95. The maximum Gasteiger partial charge on any atom is 0.236 e. The highest BCUT2D eigenvalue weighted by Gasteiger charge is 2.27. The third-order valence-electron chi connectivity index (χ3n) is 7.07. The van der Waals surface area contributed by atoms with Gasteiger partial charge in [-0.25, -0.2) is 0 Å². The molecule has 28 heavy (non-hydrogen) atoms. The minimum absolute atomic E-state index is 0.350. The molecule has 0 N–H and O–H groups in total. The van der Waals surface area contributed by atoms with Crippen molar-refractivity contribution in [2.45, 2.75) is 65.7 Å². The van der Waals surface area contributed by atoms with Crippen molar-refractivity contribution >= 4 is 5.91 Å². The van der Waals surface area contributed by atoms with Crippen molar-refractivity contribution in [1.29, 1.82) is 0 Å². The molecule has 156 valence electrons. The smallest absolute Gasteiger partial charge is 0.236 e. The fraction of sp³-hybridized carbons (Fsp3) is 0.720. The maximum absolute atomic E-state index is 12.7. The van der Waals surface area contributed by atoms with Crippen molar-refractivity contribution in [2.24, 2.45) is 17.8 Å². The van der Waals surface area contributed by atoms with Crippen LogP contribution in [0.4, 0.5) is 0 Å². The van der Waals surface area contributed by atoms with Gasteiger partial charge >= 0.3 is 0 Å². The average molecular weight is 385 g/mol. The lowest BCUT2D eigenvalue weighted by Gasteiger charge is -2.36. The molecular formula is C25H40N2O. The molecule has 1 aromatic rings. The van der Waals surface area contributed by atoms with Gasteiger partial charge in [0.15, 0.2) is 0 Å². The van der Waals surface area contributed by atoms with Crippen LogP contribution in [0.25, 0.3) is 0 Å². The number of hydrogen-bond acceptors (Lipinski definition) is 2. The Labute approximate surface area is 172 Å². The Bertz CT molecular complexity index is 606. The summed E-state index contributed by atoms with van der Waals surface area (Å²) in [5, 5.41) is 0. The number of benzene rings is 1. The van der Waals surface area contributed by atoms with Gasteiger partial charge in [0.1, 0.15) is 0 Å². The van der Waals surface area contributed by atoms with Crippen molar-refractivity contribution in [1.82, 2.24) is 9.80 Å². The van der Waals surface area contributed by atoms with E-state index in [2.05, 4.69) is 61.8 Å². The van der Waals surface area contributed by atoms with Crippen LogP contribution >= 0.6 is 0 Å². The molecule has 3 heteroatoms. The predicted molar refractivity (Wildman–Crippen MR) is 118 cm³/mol. The van der Waals surface area contributed by atoms with Crippen LogP contribution in [0.1, 0.15) is 70.4 Å². The normalized spacial score (nSPS) is 20.3. The van der Waals surface area contributed by atoms with Crippen LogP contribution in [0.3, 0.4) is 0 Å². The monoisotopic (exact) mass is 384 g/mol. The second-order valence-corrected chi connectivity index (χ2v) is 9.78. The summed E-state index contributed by atoms with van der Waals surface area (Å²) in [5.74, 6) is 3.29. The molecule has 0 aromatic heterocycles. The Morgan fingerprint density at radius 3 is 2.07 bits per heavy atom. The molecule has 0 bridgehead atoms. The molecule has 0 unspecified atom stereocenters. The summed E-state index contributed by atoms with van der Waals surface area (Å²) in [7, 11) is 0. The molecular weight excluding hydrogens is 344 g/mol. The molecule has 0 saturated carbocycles. The van der Waals surface area contributed by atoms with E-state index >= 15 is 0 Å². The van der Waals surface area contributed by atoms with Crippen LogP contribution in [0.5, 0.6) is 0 Å². The molecule has 2 heterocycles. The minimum Gasteiger partial charge on any atom is -0.342 e. The number of likely N-dealkylation sites (tertiary alicyclic amines) is 2. The quantitative estimate of drug-likeness (QED) is 0.692. The maximum atomic E-state index is 12.7. The highest BCUT2D eigenvalue weighted by atomic mass is 16.2. The van der Waals surface area contributed by atoms with E-state index in [0.29, 0.717) is 18.4 Å². The Balaban J connectivity index is 1.39. The minimum atomic E-state index is 0.350. The van der Waals surface area contributed by atoms with Crippen LogP contribution in [0.15, 0.2) is 24.3 Å². The molecule has 0 spiro atoms. The van der Waals surface area contributed by atoms with Gasteiger partial charge < -0.3 is 4.90 Å². The summed E-state index contributed by atoms with van der Waals surface area (Å²) >= 11 is 0. The molecule has 2 aliphatic rings. The highest BCUT2D eigenvalue weighted by Crippen LogP contribution is 2.26. The number of carbonyl (C=O) groups excluding carboxylic acids is 1. The average Bonchev–Trinajstić information content (AvgIpc) is 2.69. The first kappa shape index (κ1) is 21.4. The largest absolute Gasteiger partial charge is 0.342 e. The van der Waals surface area contributed by atoms with E-state index < -0.39 is 0 Å². The van der Waals surface area contributed by atoms with E-state index in [-0.39, 0.29) is 0 Å². The lowest BCUT2D eigenvalue weighted by molar-refractivity contribution is -0.134. The number of hydrogen-bond donors (Lipinski definition) is 0. The zero-order chi connectivity index (χ0) is 20.1. The first-order valence-corrected chi connectivity index (χ1v) is 11.5. The first-order chi connectivity index (χ1) is 13.4. The summed E-state index contributed by atoms with van der Waals surface area (Å²) in [5.41, 5.74) is 2.86. The van der Waals surface area contributed by atoms with Gasteiger partial charge in [0.25, 0.3) is 0 Å². The fourth-order valence-corrected chi connectivity index (χ4v) is 4.83. The zero-order valence-corrected chi connectivity index (χ0v) is 18.5. The van der Waals surface area contributed by atoms with Crippen molar-refractivity contribution in [3.63, 3.8) is 0 Å². The molecule has 0 radical (unpaired) electrons. The summed E-state index contributed by atoms with van der Waals surface area (Å²) in [6, 6.07) is 9.16. The molecule has 2 saturated heterocycles. The van der Waals surface area contributed by atoms with Crippen LogP contribution in [0, 0.1) is 17.8 Å². The molecule has 1 aromatic carbocycles. The topological polar surface area (TPSA) is 23.6 Å². The van der Waals surface area contributed by atoms with Gasteiger partial charge in [0, 0.05) is 13.1 Å². The number of amides is 1. The third-order valence-corrected chi connectivity index (χ3v) is 7.07. The van der Waals surface area contributed by atoms with Crippen molar-refractivity contribution < 1.29 is 4.79 Å². The van der Waals surface area contributed by atoms with Gasteiger partial charge in [-0.05, 0) is 80.0 Å². The van der Waals surface area contributed by atoms with Crippen LogP contribution in [0.2, 0.25) is 0 Å². The summed E-state index contributed by atoms with van der Waals surface area (Å²) < 4.78 is 0. The summed E-state index contributed by atoms with van der Waals surface area (Å²) in [6.45, 7) is 13.8. The number of rotatable bonds is 6. The lowest BCUT2D eigenvalue weighted by Crippen LogP contribution is -2.46. The van der Waals surface area contributed by atoms with E-state index in [9.17, 15) is 4.79 Å². The number of carbonyl (C=O) groups is 1. The Morgan fingerprint density at radius 2 is 1.54 bits per heavy atom. The van der Waals surface area contributed by atoms with E-state index in [0.717, 1.165) is 63.2 Å². The Hall–Kier alpha value is -1.35. The number of piperidine rings is 2. The fourth-order valence-electron chi connectivity index (χ4n) is 4.83. The molecule has 0 aliphatic carbocycles. The van der Waals surface area contributed by atoms with E-state index in [4.69, 9.17) is 0 Å². The van der Waals surface area contributed by atoms with Gasteiger partial charge in [-0.3, -0.25) is 9.69 Å². The third kappa shape index (κ3) is 5.83. The SMILES string of the molecule is CC(C)c1ccc(CC2CCN(C(=O)CN3CCC(C(C)C)CC3)CC2)cc1. The van der Waals surface area contributed by atoms with Crippen LogP contribution in [-0.4, -0.2) is 48.4 Å². The van der Waals surface area contributed by atoms with E-state index in [1.54, 1.807) is 0 Å². The molecule has 2 aliphatic heterocycles. The van der Waals surface area contributed by atoms with Gasteiger partial charge in [-0.15, -0.1) is 0 Å². The van der Waals surface area contributed by atoms with Crippen molar-refractivity contribution in [3.05, 3.63) is 35.4 Å². The van der Waals surface area contributed by atoms with Gasteiger partial charge in [-0.1, -0.05) is 52.0 Å². The van der Waals surface area contributed by atoms with Crippen LogP contribution < -0.4 is 0 Å². The molecule has 3 nitrogen and oxygen atoms in total. The van der Waals surface area contributed by atoms with Gasteiger partial charge in [0.2, 0.25) is 5.91 Å². The van der Waals surface area contributed by atoms with Crippen LogP contribution in [-0.2, 0) is 11.2 Å². The van der Waals surface area contributed by atoms with Gasteiger partial charge in [0.05, 0.1) is 6.54 Å². The van der Waals surface area contributed by atoms with Crippen molar-refractivity contribution in [2.75, 3.05) is 32.7 Å². The highest BCUT2D eigenvalue weighted by molar-refractivity contribution is 5.78. The van der Waals surface area contributed by atoms with Gasteiger partial charge in [-0.2, -0.15) is 0 Å². The predicted octanol–water partition coefficient (Wildman–Crippen LogP) is 4.96. The second kappa shape index (κ2) is 9.91. The second-order valence-electron chi connectivity index (χ2n) is 9.78. The number of nitrogens with zero attached hydrogens (tertiary/aromatic N) is 2. The Kier molecular flexibility index (Phi) is 7.56. The summed E-state index contributed by atoms with van der Waals surface area (Å²) in [4.78, 5) is 17.2. The molecule has 1 amide bonds. The lowest BCUT2D eigenvalue weighted by atomic mass is 9.86. The zero-order valence-electron chi connectivity index (χ0n) is 18.5. The van der Waals surface area contributed by atoms with Crippen molar-refractivity contribution in [3.8, 4) is 0 Å². The molecule has 2 fully saturated rings. The molecule has 3 rings (SSSR count). The standard InChI is InChI=1S/C25H40N2O/c1-19(2)23-7-5-21(6-8-23)17-22-9-15-27(16-10-22)25(28)18-26-13-11-24(12-14-26)20(3)4/h5-8,19-20,22,24H,9-18H2,1-4H3. The first-order valence-electron chi connectivity index (χ1n) is 11.5. The Morgan fingerprint density at radius 1 is 0.929 bits per heavy atom. The van der Waals surface area contributed by atoms with E-state index in [1.165, 1.54) is 24.0 Å². The molecule has 0 atom stereocenters. The van der Waals surface area contributed by atoms with E-state index in [1.807, 2.05) is 0 Å².